The molecule has 2 aliphatic rings. The summed E-state index contributed by atoms with van der Waals surface area (Å²) in [6.45, 7) is 0.779. The molecule has 0 saturated heterocycles. The Kier molecular flexibility index (Phi) is 3.88. The van der Waals surface area contributed by atoms with Gasteiger partial charge >= 0.3 is 0 Å². The average molecular weight is 320 g/mol. The van der Waals surface area contributed by atoms with Gasteiger partial charge in [0.2, 0.25) is 5.88 Å². The Morgan fingerprint density at radius 3 is 2.77 bits per heavy atom. The van der Waals surface area contributed by atoms with Crippen LogP contribution in [0, 0.1) is 5.92 Å². The lowest BCUT2D eigenvalue weighted by molar-refractivity contribution is -0.0380. The first kappa shape index (κ1) is 14.2. The van der Waals surface area contributed by atoms with Crippen molar-refractivity contribution in [3.63, 3.8) is 0 Å². The first-order valence-corrected chi connectivity index (χ1v) is 8.71. The summed E-state index contributed by atoms with van der Waals surface area (Å²) in [5, 5.41) is 0.693. The van der Waals surface area contributed by atoms with Gasteiger partial charge in [0.1, 0.15) is 11.6 Å². The summed E-state index contributed by atoms with van der Waals surface area (Å²) in [6.07, 6.45) is 6.34. The highest BCUT2D eigenvalue weighted by molar-refractivity contribution is 7.19. The Labute approximate surface area is 133 Å². The zero-order chi connectivity index (χ0) is 14.9. The van der Waals surface area contributed by atoms with Crippen molar-refractivity contribution in [1.82, 2.24) is 9.97 Å². The highest BCUT2D eigenvalue weighted by Gasteiger charge is 2.31. The molecule has 2 aromatic rings. The summed E-state index contributed by atoms with van der Waals surface area (Å²) >= 11 is 1.49. The molecule has 0 aromatic carbocycles. The van der Waals surface area contributed by atoms with Gasteiger partial charge in [-0.2, -0.15) is 0 Å². The molecule has 2 aromatic heterocycles. The Bertz CT molecular complexity index is 650. The lowest BCUT2D eigenvalue weighted by Crippen LogP contribution is -2.38. The maximum Gasteiger partial charge on any atom is 0.276 e. The molecule has 2 fully saturated rings. The van der Waals surface area contributed by atoms with E-state index < -0.39 is 0 Å². The molecule has 2 saturated carbocycles. The summed E-state index contributed by atoms with van der Waals surface area (Å²) < 4.78 is 16.9. The number of rotatable bonds is 6. The van der Waals surface area contributed by atoms with E-state index in [9.17, 15) is 0 Å². The van der Waals surface area contributed by atoms with Crippen LogP contribution in [-0.4, -0.2) is 35.9 Å². The highest BCUT2D eigenvalue weighted by Crippen LogP contribution is 2.33. The smallest absolute Gasteiger partial charge is 0.276 e. The number of aromatic nitrogens is 2. The normalized spacial score (nSPS) is 24.8. The van der Waals surface area contributed by atoms with Crippen molar-refractivity contribution in [2.75, 3.05) is 13.7 Å². The number of nitrogens with zero attached hydrogens (tertiary/aromatic N) is 2. The van der Waals surface area contributed by atoms with Crippen LogP contribution in [0.1, 0.15) is 32.1 Å². The Morgan fingerprint density at radius 2 is 2.05 bits per heavy atom. The molecule has 0 amide bonds. The minimum absolute atomic E-state index is 0.222. The largest absolute Gasteiger partial charge is 0.477 e. The number of hydrogen-bond acceptors (Lipinski definition) is 6. The molecule has 0 aliphatic heterocycles. The van der Waals surface area contributed by atoms with Crippen LogP contribution < -0.4 is 9.47 Å². The molecule has 118 valence electrons. The van der Waals surface area contributed by atoms with Gasteiger partial charge < -0.3 is 14.2 Å². The Balaban J connectivity index is 1.39. The number of fused-ring (bicyclic) bond motifs is 1. The van der Waals surface area contributed by atoms with E-state index in [0.29, 0.717) is 23.1 Å². The van der Waals surface area contributed by atoms with Crippen LogP contribution in [-0.2, 0) is 4.74 Å². The van der Waals surface area contributed by atoms with Crippen molar-refractivity contribution in [3.8, 4) is 11.1 Å². The Hall–Kier alpha value is -1.40. The maximum absolute atomic E-state index is 5.88. The summed E-state index contributed by atoms with van der Waals surface area (Å²) in [6, 6.07) is 3.86. The van der Waals surface area contributed by atoms with E-state index in [2.05, 4.69) is 9.97 Å². The van der Waals surface area contributed by atoms with Crippen molar-refractivity contribution >= 4 is 21.7 Å². The topological polar surface area (TPSA) is 53.5 Å². The third-order valence-corrected chi connectivity index (χ3v) is 5.41. The lowest BCUT2D eigenvalue weighted by Gasteiger charge is -2.33. The van der Waals surface area contributed by atoms with Crippen LogP contribution in [0.3, 0.4) is 0 Å². The molecule has 6 heteroatoms. The molecular formula is C16H20N2O3S. The molecule has 5 nitrogen and oxygen atoms in total. The fourth-order valence-corrected chi connectivity index (χ4v) is 3.57. The molecule has 0 unspecified atom stereocenters. The second-order valence-electron chi connectivity index (χ2n) is 6.13. The zero-order valence-corrected chi connectivity index (χ0v) is 13.5. The van der Waals surface area contributed by atoms with Gasteiger partial charge in [-0.3, -0.25) is 0 Å². The van der Waals surface area contributed by atoms with Crippen molar-refractivity contribution in [1.29, 1.82) is 0 Å². The average Bonchev–Trinajstić information content (AvgIpc) is 2.82. The van der Waals surface area contributed by atoms with Gasteiger partial charge in [-0.15, -0.1) is 0 Å². The summed E-state index contributed by atoms with van der Waals surface area (Å²) in [5.41, 5.74) is 0.874. The number of hydrogen-bond donors (Lipinski definition) is 0. The van der Waals surface area contributed by atoms with Crippen molar-refractivity contribution in [2.24, 2.45) is 5.92 Å². The van der Waals surface area contributed by atoms with Crippen molar-refractivity contribution in [2.45, 2.75) is 44.3 Å². The Morgan fingerprint density at radius 1 is 1.18 bits per heavy atom. The minimum Gasteiger partial charge on any atom is -0.477 e. The second kappa shape index (κ2) is 6.01. The van der Waals surface area contributed by atoms with Crippen molar-refractivity contribution in [3.05, 3.63) is 12.1 Å². The maximum atomic E-state index is 5.88. The van der Waals surface area contributed by atoms with Gasteiger partial charge in [0.15, 0.2) is 4.83 Å². The molecule has 4 rings (SSSR count). The van der Waals surface area contributed by atoms with E-state index in [1.807, 2.05) is 12.1 Å². The number of thiazole rings is 1. The first-order valence-electron chi connectivity index (χ1n) is 7.90. The quantitative estimate of drug-likeness (QED) is 0.816. The van der Waals surface area contributed by atoms with Gasteiger partial charge in [-0.05, 0) is 24.8 Å². The van der Waals surface area contributed by atoms with Crippen LogP contribution in [0.4, 0.5) is 0 Å². The summed E-state index contributed by atoms with van der Waals surface area (Å²) in [5.74, 6) is 1.41. The van der Waals surface area contributed by atoms with Crippen LogP contribution in [0.2, 0.25) is 0 Å². The molecule has 22 heavy (non-hydrogen) atoms. The van der Waals surface area contributed by atoms with Crippen molar-refractivity contribution < 1.29 is 14.2 Å². The van der Waals surface area contributed by atoms with E-state index in [4.69, 9.17) is 14.2 Å². The third-order valence-electron chi connectivity index (χ3n) is 4.55. The van der Waals surface area contributed by atoms with E-state index >= 15 is 0 Å². The fourth-order valence-electron chi connectivity index (χ4n) is 2.72. The van der Waals surface area contributed by atoms with Crippen LogP contribution in [0.15, 0.2) is 12.1 Å². The SMILES string of the molecule is CO[C@H]1C[C@@H](Oc2nc3ccc(OCC4CCC4)nc3s2)C1. The number of pyridine rings is 1. The van der Waals surface area contributed by atoms with Gasteiger partial charge in [0.05, 0.1) is 12.7 Å². The molecule has 0 atom stereocenters. The fraction of sp³-hybridized carbons (Fsp3) is 0.625. The lowest BCUT2D eigenvalue weighted by atomic mass is 9.86. The van der Waals surface area contributed by atoms with Crippen LogP contribution >= 0.6 is 11.3 Å². The summed E-state index contributed by atoms with van der Waals surface area (Å²) in [7, 11) is 1.74. The highest BCUT2D eigenvalue weighted by atomic mass is 32.1. The molecule has 2 heterocycles. The monoisotopic (exact) mass is 320 g/mol. The molecule has 0 N–H and O–H groups in total. The van der Waals surface area contributed by atoms with Gasteiger partial charge in [0, 0.05) is 26.0 Å². The standard InChI is InChI=1S/C16H20N2O3S/c1-19-11-7-12(8-11)21-16-17-13-5-6-14(18-15(13)22-16)20-9-10-3-2-4-10/h5-6,10-12H,2-4,7-9H2,1H3/t11-,12+. The number of methoxy groups -OCH3 is 1. The van der Waals surface area contributed by atoms with Gasteiger partial charge in [0.25, 0.3) is 5.19 Å². The van der Waals surface area contributed by atoms with E-state index in [1.54, 1.807) is 7.11 Å². The third kappa shape index (κ3) is 2.90. The molecular weight excluding hydrogens is 300 g/mol. The van der Waals surface area contributed by atoms with Gasteiger partial charge in [-0.1, -0.05) is 17.8 Å². The van der Waals surface area contributed by atoms with Gasteiger partial charge in [-0.25, -0.2) is 9.97 Å². The molecule has 0 radical (unpaired) electrons. The second-order valence-corrected chi connectivity index (χ2v) is 7.07. The van der Waals surface area contributed by atoms with E-state index in [0.717, 1.165) is 29.8 Å². The van der Waals surface area contributed by atoms with E-state index in [1.165, 1.54) is 30.6 Å². The van der Waals surface area contributed by atoms with Crippen LogP contribution in [0.25, 0.3) is 10.3 Å². The number of ether oxygens (including phenoxy) is 3. The molecule has 2 aliphatic carbocycles. The summed E-state index contributed by atoms with van der Waals surface area (Å²) in [4.78, 5) is 9.90. The molecule has 0 bridgehead atoms. The minimum atomic E-state index is 0.222. The van der Waals surface area contributed by atoms with E-state index in [-0.39, 0.29) is 6.10 Å². The predicted molar refractivity (Wildman–Crippen MR) is 84.7 cm³/mol. The zero-order valence-electron chi connectivity index (χ0n) is 12.7. The molecule has 0 spiro atoms. The first-order chi connectivity index (χ1) is 10.8. The van der Waals surface area contributed by atoms with Crippen LogP contribution in [0.5, 0.6) is 11.1 Å². The predicted octanol–water partition coefficient (Wildman–Crippen LogP) is 3.43.